The van der Waals surface area contributed by atoms with Crippen LogP contribution in [0.25, 0.3) is 11.1 Å². The van der Waals surface area contributed by atoms with Crippen LogP contribution in [0.4, 0.5) is 0 Å². The molecule has 2 aromatic rings. The van der Waals surface area contributed by atoms with Gasteiger partial charge >= 0.3 is 0 Å². The second-order valence-electron chi connectivity index (χ2n) is 3.07. The molecular formula is C11H8ClNOS. The van der Waals surface area contributed by atoms with Crippen LogP contribution >= 0.6 is 22.9 Å². The highest BCUT2D eigenvalue weighted by atomic mass is 35.5. The number of halogens is 1. The highest BCUT2D eigenvalue weighted by molar-refractivity contribution is 7.12. The Hall–Kier alpha value is -1.19. The fourth-order valence-electron chi connectivity index (χ4n) is 1.28. The number of nitrogens with zero attached hydrogens (tertiary/aromatic N) is 1. The molecule has 0 saturated heterocycles. The molecule has 0 radical (unpaired) electrons. The van der Waals surface area contributed by atoms with Crippen molar-refractivity contribution in [3.05, 3.63) is 40.3 Å². The first-order chi connectivity index (χ1) is 7.33. The third-order valence-corrected chi connectivity index (χ3v) is 3.19. The van der Waals surface area contributed by atoms with Crippen LogP contribution in [-0.4, -0.2) is 11.3 Å². The van der Waals surface area contributed by atoms with Crippen molar-refractivity contribution in [2.75, 3.05) is 0 Å². The first-order valence-electron chi connectivity index (χ1n) is 4.37. The lowest BCUT2D eigenvalue weighted by Crippen LogP contribution is -1.83. The third kappa shape index (κ3) is 2.25. The molecule has 0 fully saturated rings. The summed E-state index contributed by atoms with van der Waals surface area (Å²) in [6, 6.07) is 3.84. The standard InChI is InChI=1S/C11H8ClNOS/c12-3-8-1-9(5-13-4-8)10-2-11(6-14)15-7-10/h1-2,4-7H,3H2. The molecule has 2 heterocycles. The van der Waals surface area contributed by atoms with Crippen molar-refractivity contribution in [1.82, 2.24) is 4.98 Å². The number of hydrogen-bond acceptors (Lipinski definition) is 3. The van der Waals surface area contributed by atoms with E-state index in [-0.39, 0.29) is 0 Å². The van der Waals surface area contributed by atoms with E-state index in [1.807, 2.05) is 17.5 Å². The minimum Gasteiger partial charge on any atom is -0.297 e. The molecule has 2 nitrogen and oxygen atoms in total. The lowest BCUT2D eigenvalue weighted by Gasteiger charge is -1.99. The van der Waals surface area contributed by atoms with Crippen molar-refractivity contribution in [3.63, 3.8) is 0 Å². The van der Waals surface area contributed by atoms with Gasteiger partial charge in [-0.2, -0.15) is 0 Å². The Balaban J connectivity index is 2.39. The highest BCUT2D eigenvalue weighted by Crippen LogP contribution is 2.25. The first kappa shape index (κ1) is 10.3. The van der Waals surface area contributed by atoms with Crippen LogP contribution < -0.4 is 0 Å². The lowest BCUT2D eigenvalue weighted by molar-refractivity contribution is 0.112. The Morgan fingerprint density at radius 1 is 1.33 bits per heavy atom. The predicted molar refractivity (Wildman–Crippen MR) is 62.5 cm³/mol. The van der Waals surface area contributed by atoms with Gasteiger partial charge in [0.25, 0.3) is 0 Å². The summed E-state index contributed by atoms with van der Waals surface area (Å²) in [7, 11) is 0. The van der Waals surface area contributed by atoms with Crippen molar-refractivity contribution in [3.8, 4) is 11.1 Å². The van der Waals surface area contributed by atoms with Gasteiger partial charge in [-0.05, 0) is 28.6 Å². The summed E-state index contributed by atoms with van der Waals surface area (Å²) < 4.78 is 0. The van der Waals surface area contributed by atoms with Crippen molar-refractivity contribution < 1.29 is 4.79 Å². The Morgan fingerprint density at radius 2 is 2.20 bits per heavy atom. The average Bonchev–Trinajstić information content (AvgIpc) is 2.78. The molecule has 4 heteroatoms. The summed E-state index contributed by atoms with van der Waals surface area (Å²) in [5.74, 6) is 0.450. The molecule has 0 N–H and O–H groups in total. The fourth-order valence-corrected chi connectivity index (χ4v) is 2.15. The minimum atomic E-state index is 0.450. The van der Waals surface area contributed by atoms with Gasteiger partial charge in [-0.15, -0.1) is 22.9 Å². The number of carbonyl (C=O) groups is 1. The topological polar surface area (TPSA) is 30.0 Å². The van der Waals surface area contributed by atoms with Gasteiger partial charge in [-0.1, -0.05) is 0 Å². The molecule has 15 heavy (non-hydrogen) atoms. The van der Waals surface area contributed by atoms with Gasteiger partial charge in [0.2, 0.25) is 0 Å². The van der Waals surface area contributed by atoms with Crippen LogP contribution in [0.3, 0.4) is 0 Å². The zero-order chi connectivity index (χ0) is 10.7. The van der Waals surface area contributed by atoms with Crippen LogP contribution in [-0.2, 0) is 5.88 Å². The minimum absolute atomic E-state index is 0.450. The van der Waals surface area contributed by atoms with E-state index < -0.39 is 0 Å². The van der Waals surface area contributed by atoms with Crippen LogP contribution in [0.2, 0.25) is 0 Å². The molecule has 2 rings (SSSR count). The normalized spacial score (nSPS) is 10.2. The molecule has 0 amide bonds. The molecule has 76 valence electrons. The molecule has 0 aromatic carbocycles. The van der Waals surface area contributed by atoms with Gasteiger partial charge in [-0.25, -0.2) is 0 Å². The Bertz CT molecular complexity index is 481. The van der Waals surface area contributed by atoms with Gasteiger partial charge in [0.1, 0.15) is 0 Å². The van der Waals surface area contributed by atoms with Crippen LogP contribution in [0, 0.1) is 0 Å². The summed E-state index contributed by atoms with van der Waals surface area (Å²) >= 11 is 7.15. The summed E-state index contributed by atoms with van der Waals surface area (Å²) in [6.07, 6.45) is 4.36. The number of rotatable bonds is 3. The summed E-state index contributed by atoms with van der Waals surface area (Å²) in [5, 5.41) is 1.94. The van der Waals surface area contributed by atoms with Gasteiger partial charge < -0.3 is 0 Å². The van der Waals surface area contributed by atoms with Gasteiger partial charge in [-0.3, -0.25) is 9.78 Å². The number of alkyl halides is 1. The Kier molecular flexibility index (Phi) is 3.14. The van der Waals surface area contributed by atoms with Crippen molar-refractivity contribution >= 4 is 29.2 Å². The molecule has 0 bridgehead atoms. The van der Waals surface area contributed by atoms with Gasteiger partial charge in [0.05, 0.1) is 4.88 Å². The zero-order valence-corrected chi connectivity index (χ0v) is 9.39. The summed E-state index contributed by atoms with van der Waals surface area (Å²) in [6.45, 7) is 0. The molecule has 0 aliphatic carbocycles. The van der Waals surface area contributed by atoms with Crippen molar-refractivity contribution in [2.45, 2.75) is 5.88 Å². The maximum Gasteiger partial charge on any atom is 0.160 e. The van der Waals surface area contributed by atoms with Crippen LogP contribution in [0.5, 0.6) is 0 Å². The molecule has 2 aromatic heterocycles. The smallest absolute Gasteiger partial charge is 0.160 e. The SMILES string of the molecule is O=Cc1cc(-c2cncc(CCl)c2)cs1. The lowest BCUT2D eigenvalue weighted by atomic mass is 10.1. The third-order valence-electron chi connectivity index (χ3n) is 2.02. The number of hydrogen-bond donors (Lipinski definition) is 0. The fraction of sp³-hybridized carbons (Fsp3) is 0.0909. The van der Waals surface area contributed by atoms with Crippen LogP contribution in [0.15, 0.2) is 29.9 Å². The van der Waals surface area contributed by atoms with Gasteiger partial charge in [0.15, 0.2) is 6.29 Å². The van der Waals surface area contributed by atoms with Crippen molar-refractivity contribution in [1.29, 1.82) is 0 Å². The number of pyridine rings is 1. The second-order valence-corrected chi connectivity index (χ2v) is 4.28. The maximum absolute atomic E-state index is 10.5. The molecule has 0 spiro atoms. The molecule has 0 aliphatic heterocycles. The van der Waals surface area contributed by atoms with Crippen LogP contribution in [0.1, 0.15) is 15.2 Å². The monoisotopic (exact) mass is 237 g/mol. The molecule has 0 atom stereocenters. The molecule has 0 saturated carbocycles. The van der Waals surface area contributed by atoms with Crippen molar-refractivity contribution in [2.24, 2.45) is 0 Å². The largest absolute Gasteiger partial charge is 0.297 e. The van der Waals surface area contributed by atoms with Gasteiger partial charge in [0, 0.05) is 23.8 Å². The number of thiophene rings is 1. The number of aldehydes is 1. The first-order valence-corrected chi connectivity index (χ1v) is 5.79. The number of aromatic nitrogens is 1. The summed E-state index contributed by atoms with van der Waals surface area (Å²) in [5.41, 5.74) is 2.99. The highest BCUT2D eigenvalue weighted by Gasteiger charge is 2.03. The predicted octanol–water partition coefficient (Wildman–Crippen LogP) is 3.36. The molecule has 0 aliphatic rings. The van der Waals surface area contributed by atoms with E-state index >= 15 is 0 Å². The molecular weight excluding hydrogens is 230 g/mol. The second kappa shape index (κ2) is 4.55. The number of carbonyl (C=O) groups excluding carboxylic acids is 1. The van der Waals surface area contributed by atoms with E-state index in [1.165, 1.54) is 11.3 Å². The summed E-state index contributed by atoms with van der Waals surface area (Å²) in [4.78, 5) is 15.4. The zero-order valence-electron chi connectivity index (χ0n) is 7.81. The van der Waals surface area contributed by atoms with E-state index in [9.17, 15) is 4.79 Å². The Morgan fingerprint density at radius 3 is 2.87 bits per heavy atom. The molecule has 0 unspecified atom stereocenters. The van der Waals surface area contributed by atoms with E-state index in [4.69, 9.17) is 11.6 Å². The quantitative estimate of drug-likeness (QED) is 0.605. The average molecular weight is 238 g/mol. The van der Waals surface area contributed by atoms with E-state index in [2.05, 4.69) is 4.98 Å². The van der Waals surface area contributed by atoms with E-state index in [0.717, 1.165) is 27.9 Å². The van der Waals surface area contributed by atoms with E-state index in [0.29, 0.717) is 5.88 Å². The Labute approximate surface area is 96.5 Å². The maximum atomic E-state index is 10.5. The van der Waals surface area contributed by atoms with E-state index in [1.54, 1.807) is 12.4 Å².